The van der Waals surface area contributed by atoms with E-state index in [1.54, 1.807) is 6.07 Å². The van der Waals surface area contributed by atoms with Crippen LogP contribution in [0.5, 0.6) is 0 Å². The minimum atomic E-state index is -0.602. The first-order chi connectivity index (χ1) is 14.6. The number of rotatable bonds is 3. The van der Waals surface area contributed by atoms with Gasteiger partial charge in [-0.2, -0.15) is 0 Å². The molecular weight excluding hydrogens is 415 g/mol. The van der Waals surface area contributed by atoms with Crippen molar-refractivity contribution in [3.05, 3.63) is 59.9 Å². The molecule has 1 aliphatic heterocycles. The number of nitrogens with zero attached hydrogens (tertiary/aromatic N) is 2. The predicted molar refractivity (Wildman–Crippen MR) is 125 cm³/mol. The number of amides is 2. The molecule has 0 saturated carbocycles. The molecular formula is C23H27FN4O2S. The molecule has 164 valence electrons. The van der Waals surface area contributed by atoms with Gasteiger partial charge >= 0.3 is 0 Å². The van der Waals surface area contributed by atoms with Gasteiger partial charge in [0.2, 0.25) is 5.91 Å². The lowest BCUT2D eigenvalue weighted by Crippen LogP contribution is -2.51. The van der Waals surface area contributed by atoms with Gasteiger partial charge in [-0.25, -0.2) is 4.39 Å². The lowest BCUT2D eigenvalue weighted by Gasteiger charge is -2.38. The average molecular weight is 443 g/mol. The third-order valence-electron chi connectivity index (χ3n) is 5.04. The summed E-state index contributed by atoms with van der Waals surface area (Å²) in [7, 11) is 0. The Bertz CT molecular complexity index is 964. The molecule has 0 unspecified atom stereocenters. The van der Waals surface area contributed by atoms with Gasteiger partial charge in [0.1, 0.15) is 5.82 Å². The van der Waals surface area contributed by atoms with Crippen LogP contribution in [0.3, 0.4) is 0 Å². The van der Waals surface area contributed by atoms with Gasteiger partial charge in [-0.1, -0.05) is 32.9 Å². The van der Waals surface area contributed by atoms with Gasteiger partial charge in [0.25, 0.3) is 5.91 Å². The van der Waals surface area contributed by atoms with Gasteiger partial charge < -0.3 is 15.1 Å². The van der Waals surface area contributed by atoms with E-state index in [-0.39, 0.29) is 22.0 Å². The van der Waals surface area contributed by atoms with E-state index in [0.717, 1.165) is 18.8 Å². The lowest BCUT2D eigenvalue weighted by molar-refractivity contribution is -0.139. The first-order valence-electron chi connectivity index (χ1n) is 10.2. The molecule has 0 spiro atoms. The minimum Gasteiger partial charge on any atom is -0.368 e. The molecule has 31 heavy (non-hydrogen) atoms. The van der Waals surface area contributed by atoms with Crippen molar-refractivity contribution in [2.75, 3.05) is 36.4 Å². The van der Waals surface area contributed by atoms with Crippen molar-refractivity contribution < 1.29 is 14.0 Å². The molecule has 1 heterocycles. The fraction of sp³-hybridized carbons (Fsp3) is 0.348. The van der Waals surface area contributed by atoms with Gasteiger partial charge in [-0.15, -0.1) is 0 Å². The standard InChI is InChI=1S/C23H27FN4O2S/c1-23(2,3)21(30)28-14-12-27(13-15-28)17-10-8-16(9-11-17)25-22(31)26-20(29)18-6-4-5-7-19(18)24/h4-11H,12-15H2,1-3H3,(H2,25,26,29,31). The molecule has 2 aromatic carbocycles. The van der Waals surface area contributed by atoms with Crippen LogP contribution in [0.1, 0.15) is 31.1 Å². The fourth-order valence-electron chi connectivity index (χ4n) is 3.38. The van der Waals surface area contributed by atoms with E-state index < -0.39 is 11.7 Å². The zero-order valence-electron chi connectivity index (χ0n) is 17.9. The molecule has 8 heteroatoms. The Hall–Kier alpha value is -3.00. The van der Waals surface area contributed by atoms with Crippen LogP contribution >= 0.6 is 12.2 Å². The highest BCUT2D eigenvalue weighted by molar-refractivity contribution is 7.80. The van der Waals surface area contributed by atoms with Gasteiger partial charge in [-0.05, 0) is 48.6 Å². The number of halogens is 1. The van der Waals surface area contributed by atoms with E-state index in [0.29, 0.717) is 18.8 Å². The summed E-state index contributed by atoms with van der Waals surface area (Å²) in [6.45, 7) is 8.76. The van der Waals surface area contributed by atoms with E-state index in [9.17, 15) is 14.0 Å². The zero-order chi connectivity index (χ0) is 22.6. The Labute approximate surface area is 187 Å². The number of carbonyl (C=O) groups is 2. The Balaban J connectivity index is 1.53. The largest absolute Gasteiger partial charge is 0.368 e. The molecule has 1 saturated heterocycles. The normalized spacial score (nSPS) is 14.2. The number of hydrogen-bond donors (Lipinski definition) is 2. The molecule has 0 radical (unpaired) electrons. The SMILES string of the molecule is CC(C)(C)C(=O)N1CCN(c2ccc(NC(=S)NC(=O)c3ccccc3F)cc2)CC1. The summed E-state index contributed by atoms with van der Waals surface area (Å²) in [4.78, 5) is 28.7. The third-order valence-corrected chi connectivity index (χ3v) is 5.25. The maximum Gasteiger partial charge on any atom is 0.260 e. The minimum absolute atomic E-state index is 0.0638. The molecule has 6 nitrogen and oxygen atoms in total. The Morgan fingerprint density at radius 2 is 1.58 bits per heavy atom. The summed E-state index contributed by atoms with van der Waals surface area (Å²) in [5, 5.41) is 5.51. The summed E-state index contributed by atoms with van der Waals surface area (Å²) in [6, 6.07) is 13.4. The summed E-state index contributed by atoms with van der Waals surface area (Å²) in [5.41, 5.74) is 1.33. The molecule has 3 rings (SSSR count). The smallest absolute Gasteiger partial charge is 0.260 e. The highest BCUT2D eigenvalue weighted by Gasteiger charge is 2.29. The maximum absolute atomic E-state index is 13.7. The summed E-state index contributed by atoms with van der Waals surface area (Å²) in [5.74, 6) is -1.02. The first kappa shape index (κ1) is 22.7. The van der Waals surface area contributed by atoms with Crippen molar-refractivity contribution in [2.24, 2.45) is 5.41 Å². The lowest BCUT2D eigenvalue weighted by atomic mass is 9.94. The topological polar surface area (TPSA) is 64.7 Å². The summed E-state index contributed by atoms with van der Waals surface area (Å²) in [6.07, 6.45) is 0. The Kier molecular flexibility index (Phi) is 6.90. The average Bonchev–Trinajstić information content (AvgIpc) is 2.73. The van der Waals surface area contributed by atoms with Crippen LogP contribution in [0.25, 0.3) is 0 Å². The van der Waals surface area contributed by atoms with Crippen LogP contribution in [-0.2, 0) is 4.79 Å². The van der Waals surface area contributed by atoms with Crippen LogP contribution in [0.4, 0.5) is 15.8 Å². The van der Waals surface area contributed by atoms with E-state index in [1.807, 2.05) is 49.9 Å². The number of anilines is 2. The molecule has 2 N–H and O–H groups in total. The van der Waals surface area contributed by atoms with Gasteiger partial charge in [0.15, 0.2) is 5.11 Å². The monoisotopic (exact) mass is 442 g/mol. The number of carbonyl (C=O) groups excluding carboxylic acids is 2. The second kappa shape index (κ2) is 9.43. The van der Waals surface area contributed by atoms with Gasteiger partial charge in [0.05, 0.1) is 5.56 Å². The number of benzene rings is 2. The fourth-order valence-corrected chi connectivity index (χ4v) is 3.59. The second-order valence-corrected chi connectivity index (χ2v) is 8.87. The first-order valence-corrected chi connectivity index (χ1v) is 10.6. The molecule has 0 aromatic heterocycles. The highest BCUT2D eigenvalue weighted by atomic mass is 32.1. The van der Waals surface area contributed by atoms with E-state index in [1.165, 1.54) is 18.2 Å². The Morgan fingerprint density at radius 1 is 0.968 bits per heavy atom. The van der Waals surface area contributed by atoms with Crippen molar-refractivity contribution in [1.82, 2.24) is 10.2 Å². The molecule has 0 bridgehead atoms. The molecule has 1 aliphatic rings. The van der Waals surface area contributed by atoms with Crippen molar-refractivity contribution in [3.8, 4) is 0 Å². The van der Waals surface area contributed by atoms with Crippen LogP contribution in [-0.4, -0.2) is 48.0 Å². The van der Waals surface area contributed by atoms with Crippen LogP contribution in [0.15, 0.2) is 48.5 Å². The van der Waals surface area contributed by atoms with E-state index in [2.05, 4.69) is 15.5 Å². The maximum atomic E-state index is 13.7. The molecule has 2 aromatic rings. The van der Waals surface area contributed by atoms with Crippen LogP contribution in [0.2, 0.25) is 0 Å². The molecule has 2 amide bonds. The predicted octanol–water partition coefficient (Wildman–Crippen LogP) is 3.65. The van der Waals surface area contributed by atoms with Crippen LogP contribution < -0.4 is 15.5 Å². The van der Waals surface area contributed by atoms with Crippen molar-refractivity contribution in [1.29, 1.82) is 0 Å². The molecule has 0 atom stereocenters. The second-order valence-electron chi connectivity index (χ2n) is 8.46. The number of nitrogens with one attached hydrogen (secondary N) is 2. The van der Waals surface area contributed by atoms with E-state index >= 15 is 0 Å². The van der Waals surface area contributed by atoms with Crippen LogP contribution in [0, 0.1) is 11.2 Å². The van der Waals surface area contributed by atoms with Gasteiger partial charge in [0, 0.05) is 43.0 Å². The van der Waals surface area contributed by atoms with Crippen molar-refractivity contribution >= 4 is 40.5 Å². The van der Waals surface area contributed by atoms with E-state index in [4.69, 9.17) is 12.2 Å². The zero-order valence-corrected chi connectivity index (χ0v) is 18.8. The highest BCUT2D eigenvalue weighted by Crippen LogP contribution is 2.22. The summed E-state index contributed by atoms with van der Waals surface area (Å²) >= 11 is 5.17. The van der Waals surface area contributed by atoms with Crippen molar-refractivity contribution in [3.63, 3.8) is 0 Å². The quantitative estimate of drug-likeness (QED) is 0.711. The van der Waals surface area contributed by atoms with Crippen molar-refractivity contribution in [2.45, 2.75) is 20.8 Å². The molecule has 1 fully saturated rings. The molecule has 0 aliphatic carbocycles. The summed E-state index contributed by atoms with van der Waals surface area (Å²) < 4.78 is 13.7. The third kappa shape index (κ3) is 5.79. The number of hydrogen-bond acceptors (Lipinski definition) is 4. The number of piperazine rings is 1. The van der Waals surface area contributed by atoms with Gasteiger partial charge in [-0.3, -0.25) is 14.9 Å². The number of thiocarbonyl (C=S) groups is 1. The Morgan fingerprint density at radius 3 is 2.16 bits per heavy atom.